The number of hydrogen-bond acceptors (Lipinski definition) is 4. The minimum Gasteiger partial charge on any atom is -0.325 e. The van der Waals surface area contributed by atoms with Gasteiger partial charge in [-0.3, -0.25) is 9.36 Å². The highest BCUT2D eigenvalue weighted by molar-refractivity contribution is 7.99. The third kappa shape index (κ3) is 4.86. The quantitative estimate of drug-likeness (QED) is 0.379. The molecule has 0 fully saturated rings. The van der Waals surface area contributed by atoms with Gasteiger partial charge in [0.25, 0.3) is 0 Å². The van der Waals surface area contributed by atoms with Crippen LogP contribution in [0.25, 0.3) is 17.1 Å². The molecule has 156 valence electrons. The number of nitrogens with zero attached hydrogens (tertiary/aromatic N) is 3. The molecule has 0 aliphatic rings. The van der Waals surface area contributed by atoms with Crippen molar-refractivity contribution in [2.75, 3.05) is 11.1 Å². The molecule has 0 aliphatic heterocycles. The lowest BCUT2D eigenvalue weighted by atomic mass is 10.0. The van der Waals surface area contributed by atoms with Crippen LogP contribution in [-0.2, 0) is 4.79 Å². The third-order valence-corrected chi connectivity index (χ3v) is 5.80. The largest absolute Gasteiger partial charge is 0.325 e. The number of carbonyl (C=O) groups is 1. The lowest BCUT2D eigenvalue weighted by Crippen LogP contribution is -2.16. The van der Waals surface area contributed by atoms with Crippen LogP contribution in [0.4, 0.5) is 5.69 Å². The summed E-state index contributed by atoms with van der Waals surface area (Å²) in [7, 11) is 0. The topological polar surface area (TPSA) is 59.8 Å². The van der Waals surface area contributed by atoms with E-state index in [4.69, 9.17) is 0 Å². The number of thioether (sulfide) groups is 1. The van der Waals surface area contributed by atoms with Crippen LogP contribution >= 0.6 is 11.8 Å². The van der Waals surface area contributed by atoms with Crippen molar-refractivity contribution < 1.29 is 4.79 Å². The molecule has 6 heteroatoms. The van der Waals surface area contributed by atoms with Crippen molar-refractivity contribution in [3.8, 4) is 17.1 Å². The van der Waals surface area contributed by atoms with Gasteiger partial charge >= 0.3 is 0 Å². The highest BCUT2D eigenvalue weighted by Crippen LogP contribution is 2.28. The van der Waals surface area contributed by atoms with Crippen LogP contribution in [0.2, 0.25) is 0 Å². The molecule has 1 amide bonds. The normalized spacial score (nSPS) is 10.9. The fraction of sp³-hybridized carbons (Fsp3) is 0.160. The Bertz CT molecular complexity index is 1160. The van der Waals surface area contributed by atoms with Crippen LogP contribution in [0.3, 0.4) is 0 Å². The summed E-state index contributed by atoms with van der Waals surface area (Å²) in [5.74, 6) is 1.26. The van der Waals surface area contributed by atoms with Crippen molar-refractivity contribution in [1.82, 2.24) is 14.8 Å². The first kappa shape index (κ1) is 20.9. The van der Waals surface area contributed by atoms with Crippen LogP contribution in [0.15, 0.2) is 90.1 Å². The predicted molar refractivity (Wildman–Crippen MR) is 127 cm³/mol. The van der Waals surface area contributed by atoms with E-state index < -0.39 is 0 Å². The first-order valence-electron chi connectivity index (χ1n) is 10.2. The molecule has 4 rings (SSSR count). The summed E-state index contributed by atoms with van der Waals surface area (Å²) in [5, 5.41) is 12.5. The van der Waals surface area contributed by atoms with E-state index in [0.29, 0.717) is 11.1 Å². The van der Waals surface area contributed by atoms with E-state index in [9.17, 15) is 4.79 Å². The van der Waals surface area contributed by atoms with Gasteiger partial charge in [-0.25, -0.2) is 0 Å². The van der Waals surface area contributed by atoms with E-state index >= 15 is 0 Å². The molecule has 0 saturated heterocycles. The maximum Gasteiger partial charge on any atom is 0.234 e. The SMILES string of the molecule is CC(C)c1ccccc1NC(=O)CSc1nnc(-c2ccccc2)n1-c1ccccc1. The summed E-state index contributed by atoms with van der Waals surface area (Å²) in [6.07, 6.45) is 0. The van der Waals surface area contributed by atoms with E-state index in [-0.39, 0.29) is 11.7 Å². The number of rotatable bonds is 7. The molecule has 5 nitrogen and oxygen atoms in total. The summed E-state index contributed by atoms with van der Waals surface area (Å²) >= 11 is 1.38. The van der Waals surface area contributed by atoms with Crippen molar-refractivity contribution in [1.29, 1.82) is 0 Å². The molecule has 0 atom stereocenters. The number of carbonyl (C=O) groups excluding carboxylic acids is 1. The molecule has 0 radical (unpaired) electrons. The van der Waals surface area contributed by atoms with Gasteiger partial charge in [-0.1, -0.05) is 92.3 Å². The van der Waals surface area contributed by atoms with E-state index in [1.54, 1.807) is 0 Å². The maximum absolute atomic E-state index is 12.7. The first-order valence-corrected chi connectivity index (χ1v) is 11.2. The number of hydrogen-bond donors (Lipinski definition) is 1. The van der Waals surface area contributed by atoms with Crippen LogP contribution in [-0.4, -0.2) is 26.4 Å². The van der Waals surface area contributed by atoms with Gasteiger partial charge < -0.3 is 5.32 Å². The van der Waals surface area contributed by atoms with Gasteiger partial charge in [-0.05, 0) is 29.7 Å². The summed E-state index contributed by atoms with van der Waals surface area (Å²) in [5.41, 5.74) is 3.91. The van der Waals surface area contributed by atoms with Gasteiger partial charge in [0, 0.05) is 16.9 Å². The molecular formula is C25H24N4OS. The minimum absolute atomic E-state index is 0.0676. The van der Waals surface area contributed by atoms with E-state index in [1.807, 2.05) is 89.5 Å². The van der Waals surface area contributed by atoms with Crippen LogP contribution in [0, 0.1) is 0 Å². The first-order chi connectivity index (χ1) is 15.1. The highest BCUT2D eigenvalue weighted by Gasteiger charge is 2.17. The Balaban J connectivity index is 1.57. The lowest BCUT2D eigenvalue weighted by Gasteiger charge is -2.14. The molecule has 1 heterocycles. The number of amides is 1. The van der Waals surface area contributed by atoms with E-state index in [2.05, 4.69) is 29.4 Å². The molecule has 0 aliphatic carbocycles. The van der Waals surface area contributed by atoms with Gasteiger partial charge in [0.1, 0.15) is 0 Å². The smallest absolute Gasteiger partial charge is 0.234 e. The van der Waals surface area contributed by atoms with Gasteiger partial charge in [-0.15, -0.1) is 10.2 Å². The molecule has 0 spiro atoms. The maximum atomic E-state index is 12.7. The zero-order valence-corrected chi connectivity index (χ0v) is 18.3. The molecule has 0 bridgehead atoms. The molecule has 31 heavy (non-hydrogen) atoms. The van der Waals surface area contributed by atoms with Crippen LogP contribution in [0.1, 0.15) is 25.3 Å². The fourth-order valence-electron chi connectivity index (χ4n) is 3.38. The zero-order chi connectivity index (χ0) is 21.6. The molecule has 1 aromatic heterocycles. The summed E-state index contributed by atoms with van der Waals surface area (Å²) in [6.45, 7) is 4.24. The van der Waals surface area contributed by atoms with Crippen molar-refractivity contribution >= 4 is 23.4 Å². The Kier molecular flexibility index (Phi) is 6.48. The number of para-hydroxylation sites is 2. The Morgan fingerprint density at radius 3 is 2.26 bits per heavy atom. The second-order valence-corrected chi connectivity index (χ2v) is 8.36. The standard InChI is InChI=1S/C25H24N4OS/c1-18(2)21-15-9-10-16-22(21)26-23(30)17-31-25-28-27-24(19-11-5-3-6-12-19)29(25)20-13-7-4-8-14-20/h3-16,18H,17H2,1-2H3,(H,26,30). The van der Waals surface area contributed by atoms with Gasteiger partial charge in [0.05, 0.1) is 5.75 Å². The zero-order valence-electron chi connectivity index (χ0n) is 17.5. The summed E-state index contributed by atoms with van der Waals surface area (Å²) in [4.78, 5) is 12.7. The average Bonchev–Trinajstić information content (AvgIpc) is 3.23. The fourth-order valence-corrected chi connectivity index (χ4v) is 4.13. The van der Waals surface area contributed by atoms with Gasteiger partial charge in [0.15, 0.2) is 11.0 Å². The van der Waals surface area contributed by atoms with Gasteiger partial charge in [0.2, 0.25) is 5.91 Å². The molecule has 3 aromatic carbocycles. The van der Waals surface area contributed by atoms with Crippen molar-refractivity contribution in [2.45, 2.75) is 24.9 Å². The molecule has 0 saturated carbocycles. The second-order valence-electron chi connectivity index (χ2n) is 7.42. The number of benzene rings is 3. The van der Waals surface area contributed by atoms with Crippen LogP contribution in [0.5, 0.6) is 0 Å². The Hall–Kier alpha value is -3.38. The van der Waals surface area contributed by atoms with E-state index in [0.717, 1.165) is 28.3 Å². The third-order valence-electron chi connectivity index (χ3n) is 4.87. The summed E-state index contributed by atoms with van der Waals surface area (Å²) in [6, 6.07) is 27.8. The van der Waals surface area contributed by atoms with Crippen molar-refractivity contribution in [3.05, 3.63) is 90.5 Å². The molecular weight excluding hydrogens is 404 g/mol. The number of nitrogens with one attached hydrogen (secondary N) is 1. The average molecular weight is 429 g/mol. The van der Waals surface area contributed by atoms with Gasteiger partial charge in [-0.2, -0.15) is 0 Å². The van der Waals surface area contributed by atoms with Crippen molar-refractivity contribution in [2.24, 2.45) is 0 Å². The summed E-state index contributed by atoms with van der Waals surface area (Å²) < 4.78 is 2.00. The minimum atomic E-state index is -0.0676. The Labute approximate surface area is 186 Å². The molecule has 4 aromatic rings. The molecule has 0 unspecified atom stereocenters. The number of aromatic nitrogens is 3. The van der Waals surface area contributed by atoms with Crippen LogP contribution < -0.4 is 5.32 Å². The number of anilines is 1. The Morgan fingerprint density at radius 1 is 0.903 bits per heavy atom. The monoisotopic (exact) mass is 428 g/mol. The molecule has 1 N–H and O–H groups in total. The lowest BCUT2D eigenvalue weighted by molar-refractivity contribution is -0.113. The van der Waals surface area contributed by atoms with Crippen molar-refractivity contribution in [3.63, 3.8) is 0 Å². The highest BCUT2D eigenvalue weighted by atomic mass is 32.2. The Morgan fingerprint density at radius 2 is 1.55 bits per heavy atom. The predicted octanol–water partition coefficient (Wildman–Crippen LogP) is 5.79. The second kappa shape index (κ2) is 9.62. The van der Waals surface area contributed by atoms with E-state index in [1.165, 1.54) is 11.8 Å².